The summed E-state index contributed by atoms with van der Waals surface area (Å²) in [4.78, 5) is 29.1. The summed E-state index contributed by atoms with van der Waals surface area (Å²) in [5, 5.41) is 7.34. The van der Waals surface area contributed by atoms with Crippen molar-refractivity contribution in [3.8, 4) is 0 Å². The number of ketones is 1. The lowest BCUT2D eigenvalue weighted by Gasteiger charge is -2.29. The number of pyridine rings is 1. The third kappa shape index (κ3) is 4.19. The van der Waals surface area contributed by atoms with Gasteiger partial charge in [0.25, 0.3) is 0 Å². The van der Waals surface area contributed by atoms with Gasteiger partial charge in [0.15, 0.2) is 5.78 Å². The average Bonchev–Trinajstić information content (AvgIpc) is 3.46. The largest absolute Gasteiger partial charge is 0.368 e. The SMILES string of the molecule is [2H]C([2H])(C)CC(=O)c1cc2cnc(Nc3ccc(N4CCNCC4)cn3)nc2n1C1CCCC1. The van der Waals surface area contributed by atoms with E-state index in [4.69, 9.17) is 7.73 Å². The number of nitrogens with one attached hydrogen (secondary N) is 2. The van der Waals surface area contributed by atoms with Crippen molar-refractivity contribution in [1.29, 1.82) is 0 Å². The van der Waals surface area contributed by atoms with Crippen LogP contribution < -0.4 is 15.5 Å². The first-order valence-electron chi connectivity index (χ1n) is 12.5. The molecule has 0 spiro atoms. The molecule has 0 bridgehead atoms. The molecule has 0 unspecified atom stereocenters. The van der Waals surface area contributed by atoms with E-state index in [9.17, 15) is 4.79 Å². The molecule has 168 valence electrons. The van der Waals surface area contributed by atoms with Gasteiger partial charge in [-0.05, 0) is 37.4 Å². The van der Waals surface area contributed by atoms with Crippen molar-refractivity contribution in [2.45, 2.75) is 51.4 Å². The van der Waals surface area contributed by atoms with E-state index in [1.54, 1.807) is 6.20 Å². The van der Waals surface area contributed by atoms with Crippen molar-refractivity contribution >= 4 is 34.3 Å². The van der Waals surface area contributed by atoms with Crippen LogP contribution in [0.3, 0.4) is 0 Å². The minimum atomic E-state index is -1.56. The number of piperazine rings is 1. The molecule has 8 nitrogen and oxygen atoms in total. The maximum atomic E-state index is 13.0. The number of hydrogen-bond acceptors (Lipinski definition) is 7. The summed E-state index contributed by atoms with van der Waals surface area (Å²) < 4.78 is 17.7. The molecule has 0 radical (unpaired) electrons. The highest BCUT2D eigenvalue weighted by molar-refractivity contribution is 5.99. The number of carbonyl (C=O) groups is 1. The Morgan fingerprint density at radius 1 is 1.22 bits per heavy atom. The topological polar surface area (TPSA) is 88.0 Å². The van der Waals surface area contributed by atoms with E-state index in [0.29, 0.717) is 23.1 Å². The van der Waals surface area contributed by atoms with E-state index in [1.165, 1.54) is 6.92 Å². The smallest absolute Gasteiger partial charge is 0.230 e. The van der Waals surface area contributed by atoms with E-state index >= 15 is 0 Å². The third-order valence-corrected chi connectivity index (χ3v) is 6.36. The number of rotatable bonds is 7. The lowest BCUT2D eigenvalue weighted by atomic mass is 10.1. The Hall–Kier alpha value is -3.00. The minimum Gasteiger partial charge on any atom is -0.368 e. The number of aromatic nitrogens is 4. The zero-order valence-corrected chi connectivity index (χ0v) is 18.5. The van der Waals surface area contributed by atoms with Gasteiger partial charge in [-0.3, -0.25) is 4.79 Å². The summed E-state index contributed by atoms with van der Waals surface area (Å²) in [6.45, 7) is 5.32. The van der Waals surface area contributed by atoms with Crippen LogP contribution in [0.2, 0.25) is 0 Å². The molecule has 3 aromatic rings. The Bertz CT molecular complexity index is 1160. The molecule has 0 atom stereocenters. The zero-order valence-electron chi connectivity index (χ0n) is 20.5. The molecule has 0 amide bonds. The van der Waals surface area contributed by atoms with Gasteiger partial charge in [0.05, 0.1) is 17.6 Å². The Labute approximate surface area is 191 Å². The fourth-order valence-corrected chi connectivity index (χ4v) is 4.75. The van der Waals surface area contributed by atoms with Crippen LogP contribution in [-0.4, -0.2) is 51.5 Å². The fraction of sp³-hybridized carbons (Fsp3) is 0.500. The fourth-order valence-electron chi connectivity index (χ4n) is 4.75. The molecule has 2 aliphatic rings. The summed E-state index contributed by atoms with van der Waals surface area (Å²) in [7, 11) is 0. The van der Waals surface area contributed by atoms with E-state index < -0.39 is 6.37 Å². The number of Topliss-reactive ketones (excluding diaryl/α,β-unsaturated/α-hetero) is 1. The number of fused-ring (bicyclic) bond motifs is 1. The monoisotopic (exact) mass is 435 g/mol. The summed E-state index contributed by atoms with van der Waals surface area (Å²) in [6, 6.07) is 5.99. The van der Waals surface area contributed by atoms with Gasteiger partial charge in [-0.1, -0.05) is 19.8 Å². The highest BCUT2D eigenvalue weighted by atomic mass is 16.1. The van der Waals surface area contributed by atoms with Crippen LogP contribution in [0.15, 0.2) is 30.6 Å². The molecule has 3 aromatic heterocycles. The molecule has 0 aromatic carbocycles. The number of carbonyl (C=O) groups excluding carboxylic acids is 1. The standard InChI is InChI=1S/C24H31N7O/c1-2-5-21(32)20-14-17-15-27-24(29-23(17)31(20)18-6-3-4-7-18)28-22-9-8-19(16-26-22)30-12-10-25-11-13-30/h8-9,14-16,18,25H,2-7,10-13H2,1H3,(H,26,27,28,29)/i2D2. The van der Waals surface area contributed by atoms with E-state index in [-0.39, 0.29) is 18.2 Å². The summed E-state index contributed by atoms with van der Waals surface area (Å²) in [6.07, 6.45) is 6.09. The van der Waals surface area contributed by atoms with Crippen LogP contribution in [0.25, 0.3) is 11.0 Å². The molecular weight excluding hydrogens is 402 g/mol. The van der Waals surface area contributed by atoms with Gasteiger partial charge in [0.2, 0.25) is 5.95 Å². The second-order valence-electron chi connectivity index (χ2n) is 8.53. The van der Waals surface area contributed by atoms with E-state index in [0.717, 1.165) is 62.9 Å². The molecule has 2 N–H and O–H groups in total. The van der Waals surface area contributed by atoms with Crippen LogP contribution in [0.4, 0.5) is 17.5 Å². The van der Waals surface area contributed by atoms with Crippen molar-refractivity contribution < 1.29 is 7.54 Å². The van der Waals surface area contributed by atoms with Gasteiger partial charge >= 0.3 is 0 Å². The second-order valence-corrected chi connectivity index (χ2v) is 8.53. The maximum Gasteiger partial charge on any atom is 0.230 e. The first-order valence-corrected chi connectivity index (χ1v) is 11.5. The van der Waals surface area contributed by atoms with Crippen LogP contribution in [0.1, 0.15) is 64.7 Å². The molecule has 32 heavy (non-hydrogen) atoms. The van der Waals surface area contributed by atoms with Crippen LogP contribution in [0, 0.1) is 0 Å². The molecule has 1 saturated heterocycles. The predicted octanol–water partition coefficient (Wildman–Crippen LogP) is 4.08. The Morgan fingerprint density at radius 3 is 2.75 bits per heavy atom. The number of hydrogen-bond donors (Lipinski definition) is 2. The number of nitrogens with zero attached hydrogens (tertiary/aromatic N) is 5. The van der Waals surface area contributed by atoms with Crippen LogP contribution in [0.5, 0.6) is 0 Å². The van der Waals surface area contributed by atoms with Crippen LogP contribution >= 0.6 is 0 Å². The van der Waals surface area contributed by atoms with Crippen molar-refractivity contribution in [3.05, 3.63) is 36.3 Å². The third-order valence-electron chi connectivity index (χ3n) is 6.36. The molecule has 5 rings (SSSR count). The molecule has 1 saturated carbocycles. The lowest BCUT2D eigenvalue weighted by molar-refractivity contribution is 0.0971. The summed E-state index contributed by atoms with van der Waals surface area (Å²) >= 11 is 0. The average molecular weight is 436 g/mol. The molecule has 1 aliphatic heterocycles. The Morgan fingerprint density at radius 2 is 2.03 bits per heavy atom. The van der Waals surface area contributed by atoms with Gasteiger partial charge in [-0.25, -0.2) is 9.97 Å². The predicted molar refractivity (Wildman–Crippen MR) is 127 cm³/mol. The van der Waals surface area contributed by atoms with Crippen molar-refractivity contribution in [1.82, 2.24) is 24.8 Å². The van der Waals surface area contributed by atoms with Gasteiger partial charge in [-0.2, -0.15) is 4.98 Å². The summed E-state index contributed by atoms with van der Waals surface area (Å²) in [5.41, 5.74) is 2.33. The Kier molecular flexibility index (Phi) is 5.36. The molecule has 8 heteroatoms. The zero-order chi connectivity index (χ0) is 23.7. The molecule has 4 heterocycles. The van der Waals surface area contributed by atoms with E-state index in [1.807, 2.05) is 22.9 Å². The highest BCUT2D eigenvalue weighted by Gasteiger charge is 2.25. The highest BCUT2D eigenvalue weighted by Crippen LogP contribution is 2.35. The normalized spacial score (nSPS) is 18.6. The number of anilines is 3. The van der Waals surface area contributed by atoms with Crippen molar-refractivity contribution in [2.75, 3.05) is 36.4 Å². The van der Waals surface area contributed by atoms with E-state index in [2.05, 4.69) is 31.6 Å². The first-order chi connectivity index (χ1) is 16.4. The second kappa shape index (κ2) is 9.24. The van der Waals surface area contributed by atoms with Crippen LogP contribution in [-0.2, 0) is 0 Å². The lowest BCUT2D eigenvalue weighted by Crippen LogP contribution is -2.43. The van der Waals surface area contributed by atoms with Gasteiger partial charge in [0.1, 0.15) is 11.5 Å². The molecule has 2 fully saturated rings. The maximum absolute atomic E-state index is 13.0. The van der Waals surface area contributed by atoms with Gasteiger partial charge < -0.3 is 20.1 Å². The van der Waals surface area contributed by atoms with Crippen molar-refractivity contribution in [3.63, 3.8) is 0 Å². The van der Waals surface area contributed by atoms with Crippen molar-refractivity contribution in [2.24, 2.45) is 0 Å². The molecule has 1 aliphatic carbocycles. The Balaban J connectivity index is 1.43. The quantitative estimate of drug-likeness (QED) is 0.541. The summed E-state index contributed by atoms with van der Waals surface area (Å²) in [5.74, 6) is 0.891. The minimum absolute atomic E-state index is 0.155. The van der Waals surface area contributed by atoms with Gasteiger partial charge in [-0.15, -0.1) is 0 Å². The van der Waals surface area contributed by atoms with Gasteiger partial charge in [0, 0.05) is 53.0 Å². The first kappa shape index (κ1) is 18.6. The molecular formula is C24H31N7O.